The van der Waals surface area contributed by atoms with Gasteiger partial charge in [-0.1, -0.05) is 18.2 Å². The lowest BCUT2D eigenvalue weighted by Crippen LogP contribution is -2.23. The molecule has 0 aliphatic heterocycles. The molecule has 0 fully saturated rings. The van der Waals surface area contributed by atoms with E-state index in [1.165, 1.54) is 0 Å². The first kappa shape index (κ1) is 19.9. The zero-order valence-electron chi connectivity index (χ0n) is 16.2. The van der Waals surface area contributed by atoms with E-state index in [2.05, 4.69) is 10.3 Å². The minimum Gasteiger partial charge on any atom is -0.454 e. The van der Waals surface area contributed by atoms with E-state index in [1.807, 2.05) is 67.1 Å². The maximum absolute atomic E-state index is 12.3. The summed E-state index contributed by atoms with van der Waals surface area (Å²) < 4.78 is 7.02. The molecule has 1 amide bonds. The number of benzene rings is 2. The molecule has 1 heterocycles. The lowest BCUT2D eigenvalue weighted by molar-refractivity contribution is -0.147. The molecule has 0 bridgehead atoms. The Hall–Kier alpha value is -2.80. The van der Waals surface area contributed by atoms with Gasteiger partial charge >= 0.3 is 5.97 Å². The Labute approximate surface area is 168 Å². The summed E-state index contributed by atoms with van der Waals surface area (Å²) in [4.78, 5) is 29.0. The highest BCUT2D eigenvalue weighted by Crippen LogP contribution is 2.19. The highest BCUT2D eigenvalue weighted by atomic mass is 32.2. The smallest absolute Gasteiger partial charge is 0.326 e. The van der Waals surface area contributed by atoms with Crippen LogP contribution in [-0.2, 0) is 26.6 Å². The number of carbonyl (C=O) groups excluding carboxylic acids is 2. The first-order valence-corrected chi connectivity index (χ1v) is 10.3. The Kier molecular flexibility index (Phi) is 6.36. The lowest BCUT2D eigenvalue weighted by Gasteiger charge is -2.10. The number of esters is 1. The first-order valence-electron chi connectivity index (χ1n) is 8.93. The van der Waals surface area contributed by atoms with Gasteiger partial charge in [-0.3, -0.25) is 9.59 Å². The summed E-state index contributed by atoms with van der Waals surface area (Å²) >= 11 is 1.63. The van der Waals surface area contributed by atoms with E-state index in [1.54, 1.807) is 11.8 Å². The summed E-state index contributed by atoms with van der Waals surface area (Å²) in [5.41, 5.74) is 4.64. The van der Waals surface area contributed by atoms with Gasteiger partial charge in [0, 0.05) is 5.69 Å². The predicted molar refractivity (Wildman–Crippen MR) is 112 cm³/mol. The molecule has 6 nitrogen and oxygen atoms in total. The van der Waals surface area contributed by atoms with Crippen molar-refractivity contribution < 1.29 is 14.3 Å². The maximum atomic E-state index is 12.3. The van der Waals surface area contributed by atoms with Crippen molar-refractivity contribution >= 4 is 40.4 Å². The molecule has 3 aromatic rings. The number of amides is 1. The number of nitrogens with one attached hydrogen (secondary N) is 1. The van der Waals surface area contributed by atoms with Crippen molar-refractivity contribution in [3.8, 4) is 0 Å². The average Bonchev–Trinajstić information content (AvgIpc) is 3.01. The molecule has 0 aliphatic rings. The number of nitrogens with zero attached hydrogens (tertiary/aromatic N) is 2. The van der Waals surface area contributed by atoms with Gasteiger partial charge in [0.15, 0.2) is 6.61 Å². The van der Waals surface area contributed by atoms with Gasteiger partial charge in [0.2, 0.25) is 0 Å². The van der Waals surface area contributed by atoms with Crippen LogP contribution in [0.25, 0.3) is 11.0 Å². The van der Waals surface area contributed by atoms with Crippen LogP contribution in [0.15, 0.2) is 42.5 Å². The van der Waals surface area contributed by atoms with Crippen LogP contribution in [0.5, 0.6) is 0 Å². The number of aromatic nitrogens is 2. The number of para-hydroxylation sites is 2. The number of imidazole rings is 1. The first-order chi connectivity index (χ1) is 13.5. The van der Waals surface area contributed by atoms with Crippen molar-refractivity contribution in [2.45, 2.75) is 26.1 Å². The second-order valence-corrected chi connectivity index (χ2v) is 7.41. The van der Waals surface area contributed by atoms with Crippen molar-refractivity contribution in [1.82, 2.24) is 9.55 Å². The molecule has 7 heteroatoms. The third-order valence-electron chi connectivity index (χ3n) is 4.45. The summed E-state index contributed by atoms with van der Waals surface area (Å²) in [6.07, 6.45) is 1.99. The van der Waals surface area contributed by atoms with Crippen LogP contribution in [0.3, 0.4) is 0 Å². The summed E-state index contributed by atoms with van der Waals surface area (Å²) in [5.74, 6) is 0.664. The number of fused-ring (bicyclic) bond motifs is 1. The van der Waals surface area contributed by atoms with Crippen LogP contribution in [0.1, 0.15) is 17.0 Å². The van der Waals surface area contributed by atoms with Gasteiger partial charge in [-0.15, -0.1) is 0 Å². The second kappa shape index (κ2) is 8.93. The lowest BCUT2D eigenvalue weighted by atomic mass is 10.1. The normalized spacial score (nSPS) is 10.8. The van der Waals surface area contributed by atoms with Gasteiger partial charge in [-0.25, -0.2) is 4.98 Å². The van der Waals surface area contributed by atoms with Crippen molar-refractivity contribution in [2.75, 3.05) is 18.2 Å². The number of hydrogen-bond donors (Lipinski definition) is 1. The Morgan fingerprint density at radius 3 is 2.68 bits per heavy atom. The summed E-state index contributed by atoms with van der Waals surface area (Å²) in [6.45, 7) is 3.68. The molecule has 0 unspecified atom stereocenters. The van der Waals surface area contributed by atoms with E-state index < -0.39 is 5.97 Å². The Bertz CT molecular complexity index is 1010. The van der Waals surface area contributed by atoms with Crippen molar-refractivity contribution in [1.29, 1.82) is 0 Å². The number of thioether (sulfide) groups is 1. The molecule has 1 aromatic heterocycles. The Morgan fingerprint density at radius 1 is 1.14 bits per heavy atom. The largest absolute Gasteiger partial charge is 0.454 e. The Morgan fingerprint density at radius 2 is 1.93 bits per heavy atom. The third kappa shape index (κ3) is 4.72. The standard InChI is InChI=1S/C21H23N3O3S/c1-14-8-9-16(10-15(14)2)22-20(25)12-27-21(26)11-24-18-7-5-4-6-17(18)23-19(24)13-28-3/h4-10H,11-13H2,1-3H3,(H,22,25). The molecule has 0 spiro atoms. The minimum absolute atomic E-state index is 0.0212. The fourth-order valence-electron chi connectivity index (χ4n) is 2.88. The maximum Gasteiger partial charge on any atom is 0.326 e. The molecular weight excluding hydrogens is 374 g/mol. The number of ether oxygens (including phenoxy) is 1. The van der Waals surface area contributed by atoms with E-state index >= 15 is 0 Å². The van der Waals surface area contributed by atoms with Crippen LogP contribution in [0, 0.1) is 13.8 Å². The van der Waals surface area contributed by atoms with Gasteiger partial charge < -0.3 is 14.6 Å². The number of anilines is 1. The zero-order chi connectivity index (χ0) is 20.1. The zero-order valence-corrected chi connectivity index (χ0v) is 17.0. The number of hydrogen-bond acceptors (Lipinski definition) is 5. The van der Waals surface area contributed by atoms with Gasteiger partial charge in [-0.2, -0.15) is 11.8 Å². The van der Waals surface area contributed by atoms with Gasteiger partial charge in [0.1, 0.15) is 12.4 Å². The van der Waals surface area contributed by atoms with Gasteiger partial charge in [0.05, 0.1) is 16.8 Å². The molecule has 0 radical (unpaired) electrons. The number of rotatable bonds is 7. The highest BCUT2D eigenvalue weighted by molar-refractivity contribution is 7.97. The molecule has 2 aromatic carbocycles. The fraction of sp³-hybridized carbons (Fsp3) is 0.286. The molecular formula is C21H23N3O3S. The Balaban J connectivity index is 1.61. The molecule has 0 saturated carbocycles. The highest BCUT2D eigenvalue weighted by Gasteiger charge is 2.15. The van der Waals surface area contributed by atoms with E-state index in [-0.39, 0.29) is 19.1 Å². The SMILES string of the molecule is CSCc1nc2ccccc2n1CC(=O)OCC(=O)Nc1ccc(C)c(C)c1. The van der Waals surface area contributed by atoms with Crippen LogP contribution in [-0.4, -0.2) is 34.3 Å². The molecule has 3 rings (SSSR count). The van der Waals surface area contributed by atoms with Gasteiger partial charge in [-0.05, 0) is 55.5 Å². The van der Waals surface area contributed by atoms with E-state index in [0.717, 1.165) is 28.0 Å². The topological polar surface area (TPSA) is 73.2 Å². The van der Waals surface area contributed by atoms with E-state index in [4.69, 9.17) is 4.74 Å². The minimum atomic E-state index is -0.472. The number of aryl methyl sites for hydroxylation is 2. The summed E-state index contributed by atoms with van der Waals surface area (Å²) in [6, 6.07) is 13.3. The van der Waals surface area contributed by atoms with Crippen molar-refractivity contribution in [3.05, 3.63) is 59.4 Å². The predicted octanol–water partition coefficient (Wildman–Crippen LogP) is 3.70. The number of carbonyl (C=O) groups is 2. The summed E-state index contributed by atoms with van der Waals surface area (Å²) in [7, 11) is 0. The van der Waals surface area contributed by atoms with Crippen molar-refractivity contribution in [3.63, 3.8) is 0 Å². The summed E-state index contributed by atoms with van der Waals surface area (Å²) in [5, 5.41) is 2.75. The quantitative estimate of drug-likeness (QED) is 0.616. The van der Waals surface area contributed by atoms with Crippen LogP contribution >= 0.6 is 11.8 Å². The molecule has 28 heavy (non-hydrogen) atoms. The molecule has 0 saturated heterocycles. The van der Waals surface area contributed by atoms with Crippen LogP contribution < -0.4 is 5.32 Å². The van der Waals surface area contributed by atoms with Gasteiger partial charge in [0.25, 0.3) is 5.91 Å². The average molecular weight is 398 g/mol. The van der Waals surface area contributed by atoms with E-state index in [0.29, 0.717) is 11.4 Å². The van der Waals surface area contributed by atoms with E-state index in [9.17, 15) is 9.59 Å². The molecule has 0 atom stereocenters. The third-order valence-corrected chi connectivity index (χ3v) is 5.00. The molecule has 1 N–H and O–H groups in total. The monoisotopic (exact) mass is 397 g/mol. The van der Waals surface area contributed by atoms with Crippen LogP contribution in [0.2, 0.25) is 0 Å². The van der Waals surface area contributed by atoms with Crippen molar-refractivity contribution in [2.24, 2.45) is 0 Å². The molecule has 0 aliphatic carbocycles. The fourth-order valence-corrected chi connectivity index (χ4v) is 3.36. The van der Waals surface area contributed by atoms with Crippen LogP contribution in [0.4, 0.5) is 5.69 Å². The molecule has 146 valence electrons. The second-order valence-electron chi connectivity index (χ2n) is 6.54.